The van der Waals surface area contributed by atoms with Crippen LogP contribution in [-0.2, 0) is 14.4 Å². The molecule has 2 saturated carbocycles. The fourth-order valence-corrected chi connectivity index (χ4v) is 6.23. The van der Waals surface area contributed by atoms with Crippen LogP contribution in [0.4, 0.5) is 0 Å². The number of aliphatic hydroxyl groups excluding tert-OH is 1. The molecule has 0 radical (unpaired) electrons. The van der Waals surface area contributed by atoms with Crippen molar-refractivity contribution in [2.75, 3.05) is 0 Å². The molecule has 0 heterocycles. The van der Waals surface area contributed by atoms with Crippen LogP contribution in [0.3, 0.4) is 0 Å². The van der Waals surface area contributed by atoms with Gasteiger partial charge in [0.25, 0.3) is 0 Å². The SMILES string of the molecule is C/C=C\C(C)(/C(=C\C=O)CC)C1CC2CCC(C(=O)CCC)C2(C)CC1O.CC.CC=O. The Morgan fingerprint density at radius 1 is 1.16 bits per heavy atom. The third-order valence-electron chi connectivity index (χ3n) is 7.69. The first-order valence-electron chi connectivity index (χ1n) is 12.6. The van der Waals surface area contributed by atoms with Crippen molar-refractivity contribution in [3.63, 3.8) is 0 Å². The number of hydrogen-bond donors (Lipinski definition) is 1. The molecule has 0 spiro atoms. The van der Waals surface area contributed by atoms with E-state index in [-0.39, 0.29) is 22.7 Å². The van der Waals surface area contributed by atoms with Crippen LogP contribution in [0.1, 0.15) is 100 Å². The minimum atomic E-state index is -0.455. The molecule has 32 heavy (non-hydrogen) atoms. The van der Waals surface area contributed by atoms with E-state index in [9.17, 15) is 14.7 Å². The molecule has 0 bridgehead atoms. The molecular weight excluding hydrogens is 400 g/mol. The van der Waals surface area contributed by atoms with Gasteiger partial charge in [0.2, 0.25) is 0 Å². The monoisotopic (exact) mass is 448 g/mol. The van der Waals surface area contributed by atoms with Gasteiger partial charge in [0.15, 0.2) is 0 Å². The molecule has 4 heteroatoms. The van der Waals surface area contributed by atoms with Crippen molar-refractivity contribution in [1.29, 1.82) is 0 Å². The Balaban J connectivity index is 0.00000177. The Bertz CT molecular complexity index is 650. The summed E-state index contributed by atoms with van der Waals surface area (Å²) in [5.74, 6) is 1.04. The summed E-state index contributed by atoms with van der Waals surface area (Å²) in [6.45, 7) is 16.0. The molecule has 2 aliphatic carbocycles. The molecule has 1 N–H and O–H groups in total. The molecule has 6 unspecified atom stereocenters. The van der Waals surface area contributed by atoms with Gasteiger partial charge in [-0.2, -0.15) is 0 Å². The van der Waals surface area contributed by atoms with E-state index in [1.807, 2.05) is 26.8 Å². The minimum Gasteiger partial charge on any atom is -0.393 e. The maximum atomic E-state index is 12.7. The highest BCUT2D eigenvalue weighted by Gasteiger charge is 2.56. The van der Waals surface area contributed by atoms with Crippen LogP contribution in [-0.4, -0.2) is 29.6 Å². The average molecular weight is 449 g/mol. The Hall–Kier alpha value is -1.55. The van der Waals surface area contributed by atoms with Crippen LogP contribution in [0.2, 0.25) is 0 Å². The maximum Gasteiger partial charge on any atom is 0.142 e. The fourth-order valence-electron chi connectivity index (χ4n) is 6.23. The van der Waals surface area contributed by atoms with E-state index in [1.54, 1.807) is 6.08 Å². The van der Waals surface area contributed by atoms with Crippen LogP contribution in [0, 0.1) is 28.6 Å². The Morgan fingerprint density at radius 2 is 1.75 bits per heavy atom. The molecule has 0 saturated heterocycles. The fraction of sp³-hybridized carbons (Fsp3) is 0.750. The van der Waals surface area contributed by atoms with Crippen molar-refractivity contribution >= 4 is 18.4 Å². The Labute approximate surface area is 196 Å². The van der Waals surface area contributed by atoms with Crippen LogP contribution < -0.4 is 0 Å². The zero-order valence-electron chi connectivity index (χ0n) is 21.8. The third-order valence-corrected chi connectivity index (χ3v) is 7.69. The van der Waals surface area contributed by atoms with Gasteiger partial charge >= 0.3 is 0 Å². The summed E-state index contributed by atoms with van der Waals surface area (Å²) in [6, 6.07) is 0. The van der Waals surface area contributed by atoms with Crippen LogP contribution in [0.25, 0.3) is 0 Å². The summed E-state index contributed by atoms with van der Waals surface area (Å²) in [7, 11) is 0. The first-order valence-corrected chi connectivity index (χ1v) is 12.6. The lowest BCUT2D eigenvalue weighted by atomic mass is 9.54. The standard InChI is InChI=1S/C24H38O3.C2H4O.C2H6/c1-6-9-21(26)19-11-10-18-15-20(22(27)16-24(18,19)5)23(4,13-7-2)17(8-3)12-14-25;1-2-3;1-2/h7,12-14,18-20,22,27H,6,8-11,15-16H2,1-5H3;2H,1H3;1-2H3/b13-7-,17-12-;;. The van der Waals surface area contributed by atoms with Gasteiger partial charge in [-0.15, -0.1) is 0 Å². The second kappa shape index (κ2) is 14.6. The van der Waals surface area contributed by atoms with Crippen LogP contribution in [0.5, 0.6) is 0 Å². The number of carbonyl (C=O) groups excluding carboxylic acids is 3. The molecule has 0 aromatic heterocycles. The Morgan fingerprint density at radius 3 is 2.22 bits per heavy atom. The van der Waals surface area contributed by atoms with Gasteiger partial charge in [-0.25, -0.2) is 0 Å². The molecule has 0 aromatic rings. The minimum absolute atomic E-state index is 0.0814. The highest BCUT2D eigenvalue weighted by Crippen LogP contribution is 2.60. The molecule has 2 fully saturated rings. The van der Waals surface area contributed by atoms with E-state index in [2.05, 4.69) is 33.8 Å². The quantitative estimate of drug-likeness (QED) is 0.261. The van der Waals surface area contributed by atoms with Gasteiger partial charge in [-0.3, -0.25) is 9.59 Å². The third kappa shape index (κ3) is 6.73. The van der Waals surface area contributed by atoms with Crippen molar-refractivity contribution < 1.29 is 19.5 Å². The van der Waals surface area contributed by atoms with Crippen molar-refractivity contribution in [2.24, 2.45) is 28.6 Å². The molecule has 2 aliphatic rings. The van der Waals surface area contributed by atoms with E-state index < -0.39 is 6.10 Å². The highest BCUT2D eigenvalue weighted by molar-refractivity contribution is 5.82. The topological polar surface area (TPSA) is 71.4 Å². The predicted octanol–water partition coefficient (Wildman–Crippen LogP) is 6.51. The predicted molar refractivity (Wildman–Crippen MR) is 133 cm³/mol. The summed E-state index contributed by atoms with van der Waals surface area (Å²) in [6.07, 6.45) is 13.0. The van der Waals surface area contributed by atoms with E-state index in [0.29, 0.717) is 24.5 Å². The number of allylic oxidation sites excluding steroid dienone is 4. The van der Waals surface area contributed by atoms with Gasteiger partial charge in [0, 0.05) is 17.8 Å². The van der Waals surface area contributed by atoms with E-state index in [0.717, 1.165) is 50.2 Å². The lowest BCUT2D eigenvalue weighted by molar-refractivity contribution is -0.130. The van der Waals surface area contributed by atoms with Gasteiger partial charge < -0.3 is 9.90 Å². The first kappa shape index (κ1) is 30.4. The molecule has 2 rings (SSSR count). The number of aldehydes is 2. The number of carbonyl (C=O) groups is 3. The smallest absolute Gasteiger partial charge is 0.142 e. The van der Waals surface area contributed by atoms with Crippen molar-refractivity contribution in [2.45, 2.75) is 106 Å². The number of aliphatic hydroxyl groups is 1. The lowest BCUT2D eigenvalue weighted by Gasteiger charge is -2.51. The Kier molecular flexibility index (Phi) is 13.9. The largest absolute Gasteiger partial charge is 0.393 e. The lowest BCUT2D eigenvalue weighted by Crippen LogP contribution is -2.49. The second-order valence-electron chi connectivity index (χ2n) is 9.36. The van der Waals surface area contributed by atoms with Gasteiger partial charge in [-0.1, -0.05) is 59.3 Å². The zero-order chi connectivity index (χ0) is 24.9. The van der Waals surface area contributed by atoms with Crippen molar-refractivity contribution in [3.05, 3.63) is 23.8 Å². The normalized spacial score (nSPS) is 31.3. The number of fused-ring (bicyclic) bond motifs is 1. The molecule has 6 atom stereocenters. The molecule has 4 nitrogen and oxygen atoms in total. The second-order valence-corrected chi connectivity index (χ2v) is 9.36. The summed E-state index contributed by atoms with van der Waals surface area (Å²) in [5, 5.41) is 11.2. The van der Waals surface area contributed by atoms with Gasteiger partial charge in [0.05, 0.1) is 6.10 Å². The van der Waals surface area contributed by atoms with Gasteiger partial charge in [0.1, 0.15) is 18.4 Å². The average Bonchev–Trinajstić information content (AvgIpc) is 3.09. The number of hydrogen-bond acceptors (Lipinski definition) is 4. The molecule has 0 aliphatic heterocycles. The number of ketones is 1. The van der Waals surface area contributed by atoms with Crippen LogP contribution >= 0.6 is 0 Å². The van der Waals surface area contributed by atoms with Crippen molar-refractivity contribution in [1.82, 2.24) is 0 Å². The summed E-state index contributed by atoms with van der Waals surface area (Å²) >= 11 is 0. The maximum absolute atomic E-state index is 12.7. The first-order chi connectivity index (χ1) is 15.2. The summed E-state index contributed by atoms with van der Waals surface area (Å²) in [5.41, 5.74) is 0.677. The molecular formula is C28H48O4. The zero-order valence-corrected chi connectivity index (χ0v) is 21.8. The van der Waals surface area contributed by atoms with Gasteiger partial charge in [-0.05, 0) is 75.7 Å². The van der Waals surface area contributed by atoms with E-state index in [4.69, 9.17) is 4.79 Å². The van der Waals surface area contributed by atoms with Crippen molar-refractivity contribution in [3.8, 4) is 0 Å². The summed E-state index contributed by atoms with van der Waals surface area (Å²) in [4.78, 5) is 32.7. The summed E-state index contributed by atoms with van der Waals surface area (Å²) < 4.78 is 0. The molecule has 184 valence electrons. The number of Topliss-reactive ketones (excluding diaryl/α,β-unsaturated/α-hetero) is 1. The van der Waals surface area contributed by atoms with E-state index in [1.165, 1.54) is 6.92 Å². The van der Waals surface area contributed by atoms with Crippen LogP contribution in [0.15, 0.2) is 23.8 Å². The highest BCUT2D eigenvalue weighted by atomic mass is 16.3. The van der Waals surface area contributed by atoms with E-state index >= 15 is 0 Å². The molecule has 0 aromatic carbocycles. The molecule has 0 amide bonds. The number of rotatable bonds is 8.